The molecule has 0 saturated carbocycles. The Labute approximate surface area is 126 Å². The lowest BCUT2D eigenvalue weighted by molar-refractivity contribution is -0.128. The van der Waals surface area contributed by atoms with Gasteiger partial charge < -0.3 is 9.64 Å². The van der Waals surface area contributed by atoms with Crippen LogP contribution in [0.3, 0.4) is 0 Å². The highest BCUT2D eigenvalue weighted by Crippen LogP contribution is 2.40. The quantitative estimate of drug-likeness (QED) is 0.848. The van der Waals surface area contributed by atoms with Crippen LogP contribution in [-0.2, 0) is 4.79 Å². The van der Waals surface area contributed by atoms with E-state index in [2.05, 4.69) is 11.4 Å². The molecule has 0 spiro atoms. The normalized spacial score (nSPS) is 18.5. The molecule has 104 valence electrons. The summed E-state index contributed by atoms with van der Waals surface area (Å²) in [6, 6.07) is 13.8. The fourth-order valence-corrected chi connectivity index (χ4v) is 4.34. The van der Waals surface area contributed by atoms with Gasteiger partial charge in [-0.1, -0.05) is 24.3 Å². The molecule has 1 aliphatic rings. The van der Waals surface area contributed by atoms with Gasteiger partial charge in [0.15, 0.2) is 0 Å². The van der Waals surface area contributed by atoms with Crippen molar-refractivity contribution in [3.8, 4) is 5.75 Å². The summed E-state index contributed by atoms with van der Waals surface area (Å²) in [5.41, 5.74) is 0. The van der Waals surface area contributed by atoms with Crippen molar-refractivity contribution in [1.29, 1.82) is 0 Å². The molecule has 0 N–H and O–H groups in total. The van der Waals surface area contributed by atoms with E-state index in [-0.39, 0.29) is 11.3 Å². The van der Waals surface area contributed by atoms with Gasteiger partial charge in [-0.25, -0.2) is 0 Å². The average molecular weight is 305 g/mol. The Hall–Kier alpha value is -1.46. The maximum atomic E-state index is 12.0. The smallest absolute Gasteiger partial charge is 0.233 e. The molecule has 3 rings (SSSR count). The van der Waals surface area contributed by atoms with E-state index in [9.17, 15) is 4.79 Å². The maximum absolute atomic E-state index is 12.0. The number of ether oxygens (including phenoxy) is 1. The zero-order valence-corrected chi connectivity index (χ0v) is 12.5. The van der Waals surface area contributed by atoms with Gasteiger partial charge in [0.05, 0.1) is 12.3 Å². The molecule has 0 radical (unpaired) electrons. The Morgan fingerprint density at radius 3 is 2.80 bits per heavy atom. The molecule has 2 heterocycles. The minimum absolute atomic E-state index is 0.155. The topological polar surface area (TPSA) is 29.5 Å². The highest BCUT2D eigenvalue weighted by molar-refractivity contribution is 8.00. The number of carbonyl (C=O) groups is 1. The number of benzene rings is 1. The summed E-state index contributed by atoms with van der Waals surface area (Å²) >= 11 is 3.39. The fourth-order valence-electron chi connectivity index (χ4n) is 2.14. The predicted molar refractivity (Wildman–Crippen MR) is 83.2 cm³/mol. The van der Waals surface area contributed by atoms with Gasteiger partial charge in [0.1, 0.15) is 17.7 Å². The second-order valence-electron chi connectivity index (χ2n) is 4.43. The summed E-state index contributed by atoms with van der Waals surface area (Å²) in [5.74, 6) is 1.61. The van der Waals surface area contributed by atoms with Crippen molar-refractivity contribution >= 4 is 29.0 Å². The highest BCUT2D eigenvalue weighted by Gasteiger charge is 2.33. The first-order chi connectivity index (χ1) is 9.84. The second-order valence-corrected chi connectivity index (χ2v) is 6.48. The molecule has 3 nitrogen and oxygen atoms in total. The van der Waals surface area contributed by atoms with Crippen LogP contribution >= 0.6 is 23.1 Å². The van der Waals surface area contributed by atoms with Gasteiger partial charge in [0.2, 0.25) is 5.91 Å². The number of nitrogens with zero attached hydrogens (tertiary/aromatic N) is 1. The fraction of sp³-hybridized carbons (Fsp3) is 0.267. The van der Waals surface area contributed by atoms with E-state index in [4.69, 9.17) is 4.74 Å². The molecule has 20 heavy (non-hydrogen) atoms. The van der Waals surface area contributed by atoms with Crippen LogP contribution < -0.4 is 4.74 Å². The number of thiophene rings is 1. The number of rotatable bonds is 5. The number of hydrogen-bond donors (Lipinski definition) is 0. The van der Waals surface area contributed by atoms with Crippen LogP contribution in [0.15, 0.2) is 47.8 Å². The van der Waals surface area contributed by atoms with E-state index in [1.807, 2.05) is 41.3 Å². The van der Waals surface area contributed by atoms with Crippen molar-refractivity contribution in [2.75, 3.05) is 18.9 Å². The van der Waals surface area contributed by atoms with Gasteiger partial charge in [-0.2, -0.15) is 0 Å². The number of amides is 1. The van der Waals surface area contributed by atoms with Gasteiger partial charge >= 0.3 is 0 Å². The number of thioether (sulfide) groups is 1. The molecule has 0 bridgehead atoms. The lowest BCUT2D eigenvalue weighted by atomic mass is 10.3. The standard InChI is InChI=1S/C15H15NO2S2/c17-14-11-20-15(13-7-4-10-19-13)16(14)8-9-18-12-5-2-1-3-6-12/h1-7,10,15H,8-9,11H2. The molecule has 1 fully saturated rings. The lowest BCUT2D eigenvalue weighted by Gasteiger charge is -2.23. The van der Waals surface area contributed by atoms with E-state index in [0.29, 0.717) is 18.9 Å². The summed E-state index contributed by atoms with van der Waals surface area (Å²) in [7, 11) is 0. The maximum Gasteiger partial charge on any atom is 0.233 e. The Balaban J connectivity index is 1.59. The van der Waals surface area contributed by atoms with Crippen LogP contribution in [0.25, 0.3) is 0 Å². The van der Waals surface area contributed by atoms with Crippen molar-refractivity contribution < 1.29 is 9.53 Å². The van der Waals surface area contributed by atoms with E-state index >= 15 is 0 Å². The van der Waals surface area contributed by atoms with Gasteiger partial charge in [-0.05, 0) is 23.6 Å². The molecule has 5 heteroatoms. The minimum atomic E-state index is 0.155. The Kier molecular flexibility index (Phi) is 4.28. The zero-order valence-electron chi connectivity index (χ0n) is 10.9. The van der Waals surface area contributed by atoms with Crippen LogP contribution in [0.5, 0.6) is 5.75 Å². The van der Waals surface area contributed by atoms with Gasteiger partial charge in [0, 0.05) is 4.88 Å². The first-order valence-electron chi connectivity index (χ1n) is 6.47. The molecule has 1 atom stereocenters. The molecular weight excluding hydrogens is 290 g/mol. The van der Waals surface area contributed by atoms with Crippen LogP contribution in [0.2, 0.25) is 0 Å². The van der Waals surface area contributed by atoms with E-state index < -0.39 is 0 Å². The molecule has 2 aromatic rings. The Morgan fingerprint density at radius 2 is 2.05 bits per heavy atom. The summed E-state index contributed by atoms with van der Waals surface area (Å²) < 4.78 is 5.68. The first-order valence-corrected chi connectivity index (χ1v) is 8.40. The molecule has 1 aromatic heterocycles. The van der Waals surface area contributed by atoms with Crippen LogP contribution in [-0.4, -0.2) is 29.7 Å². The summed E-state index contributed by atoms with van der Waals surface area (Å²) in [6.07, 6.45) is 0. The monoisotopic (exact) mass is 305 g/mol. The third-order valence-corrected chi connectivity index (χ3v) is 5.41. The van der Waals surface area contributed by atoms with E-state index in [0.717, 1.165) is 5.75 Å². The Bertz CT molecular complexity index is 557. The Morgan fingerprint density at radius 1 is 1.20 bits per heavy atom. The lowest BCUT2D eigenvalue weighted by Crippen LogP contribution is -2.32. The van der Waals surface area contributed by atoms with Crippen molar-refractivity contribution in [3.05, 3.63) is 52.7 Å². The van der Waals surface area contributed by atoms with Crippen molar-refractivity contribution in [3.63, 3.8) is 0 Å². The van der Waals surface area contributed by atoms with Crippen molar-refractivity contribution in [1.82, 2.24) is 4.90 Å². The van der Waals surface area contributed by atoms with E-state index in [1.165, 1.54) is 4.88 Å². The second kappa shape index (κ2) is 6.33. The highest BCUT2D eigenvalue weighted by atomic mass is 32.2. The molecular formula is C15H15NO2S2. The SMILES string of the molecule is O=C1CSC(c2cccs2)N1CCOc1ccccc1. The molecule has 1 aliphatic heterocycles. The number of carbonyl (C=O) groups excluding carboxylic acids is 1. The molecule has 0 aliphatic carbocycles. The zero-order chi connectivity index (χ0) is 13.8. The van der Waals surface area contributed by atoms with E-state index in [1.54, 1.807) is 23.1 Å². The summed E-state index contributed by atoms with van der Waals surface area (Å²) in [6.45, 7) is 1.15. The van der Waals surface area contributed by atoms with Gasteiger partial charge in [-0.15, -0.1) is 23.1 Å². The summed E-state index contributed by atoms with van der Waals surface area (Å²) in [4.78, 5) is 15.1. The molecule has 1 unspecified atom stereocenters. The number of para-hydroxylation sites is 1. The van der Waals surface area contributed by atoms with Crippen LogP contribution in [0.1, 0.15) is 10.3 Å². The molecule has 1 aromatic carbocycles. The van der Waals surface area contributed by atoms with Crippen LogP contribution in [0, 0.1) is 0 Å². The first kappa shape index (κ1) is 13.5. The van der Waals surface area contributed by atoms with Gasteiger partial charge in [-0.3, -0.25) is 4.79 Å². The van der Waals surface area contributed by atoms with Crippen molar-refractivity contribution in [2.24, 2.45) is 0 Å². The minimum Gasteiger partial charge on any atom is -0.492 e. The number of hydrogen-bond acceptors (Lipinski definition) is 4. The largest absolute Gasteiger partial charge is 0.492 e. The molecule has 1 amide bonds. The van der Waals surface area contributed by atoms with Crippen molar-refractivity contribution in [2.45, 2.75) is 5.37 Å². The third kappa shape index (κ3) is 2.99. The third-order valence-electron chi connectivity index (χ3n) is 3.10. The van der Waals surface area contributed by atoms with Gasteiger partial charge in [0.25, 0.3) is 0 Å². The van der Waals surface area contributed by atoms with Crippen LogP contribution in [0.4, 0.5) is 0 Å². The summed E-state index contributed by atoms with van der Waals surface area (Å²) in [5, 5.41) is 2.21. The average Bonchev–Trinajstić information content (AvgIpc) is 3.11. The predicted octanol–water partition coefficient (Wildman–Crippen LogP) is 3.40. The molecule has 1 saturated heterocycles.